The van der Waals surface area contributed by atoms with Gasteiger partial charge in [-0.3, -0.25) is 14.4 Å². The molecule has 1 aliphatic heterocycles. The molecule has 24 heavy (non-hydrogen) atoms. The van der Waals surface area contributed by atoms with Crippen molar-refractivity contribution in [3.63, 3.8) is 0 Å². The zero-order valence-corrected chi connectivity index (χ0v) is 14.1. The van der Waals surface area contributed by atoms with E-state index in [1.165, 1.54) is 19.0 Å². The van der Waals surface area contributed by atoms with E-state index < -0.39 is 27.2 Å². The lowest BCUT2D eigenvalue weighted by Gasteiger charge is -2.34. The molecular weight excluding hydrogens is 330 g/mol. The van der Waals surface area contributed by atoms with Crippen molar-refractivity contribution in [2.75, 3.05) is 25.4 Å². The molecule has 0 radical (unpaired) electrons. The van der Waals surface area contributed by atoms with Crippen LogP contribution in [-0.2, 0) is 14.8 Å². The van der Waals surface area contributed by atoms with Crippen LogP contribution in [0.25, 0.3) is 10.8 Å². The van der Waals surface area contributed by atoms with Gasteiger partial charge in [0.15, 0.2) is 5.25 Å². The molecule has 2 aromatic carbocycles. The molecule has 0 saturated carbocycles. The molecule has 1 unspecified atom stereocenters. The Morgan fingerprint density at radius 3 is 2.46 bits per heavy atom. The maximum atomic E-state index is 12.7. The van der Waals surface area contributed by atoms with E-state index in [2.05, 4.69) is 4.72 Å². The first-order chi connectivity index (χ1) is 11.3. The number of imide groups is 1. The van der Waals surface area contributed by atoms with Gasteiger partial charge >= 0.3 is 6.03 Å². The van der Waals surface area contributed by atoms with Crippen LogP contribution in [0.15, 0.2) is 42.5 Å². The minimum absolute atomic E-state index is 0.178. The highest BCUT2D eigenvalue weighted by Crippen LogP contribution is 2.25. The number of carbonyl (C=O) groups is 2. The summed E-state index contributed by atoms with van der Waals surface area (Å²) >= 11 is 0. The number of nitrogens with one attached hydrogen (secondary N) is 1. The lowest BCUT2D eigenvalue weighted by molar-refractivity contribution is -0.129. The Morgan fingerprint density at radius 2 is 1.71 bits per heavy atom. The third kappa shape index (κ3) is 2.69. The van der Waals surface area contributed by atoms with Gasteiger partial charge in [-0.2, -0.15) is 0 Å². The van der Waals surface area contributed by atoms with Crippen LogP contribution in [0.2, 0.25) is 0 Å². The molecule has 0 bridgehead atoms. The fourth-order valence-electron chi connectivity index (χ4n) is 2.74. The number of fused-ring (bicyclic) bond motifs is 1. The first kappa shape index (κ1) is 16.3. The fourth-order valence-corrected chi connectivity index (χ4v) is 4.21. The predicted molar refractivity (Wildman–Crippen MR) is 91.1 cm³/mol. The van der Waals surface area contributed by atoms with E-state index in [1.807, 2.05) is 24.3 Å². The molecule has 8 heteroatoms. The van der Waals surface area contributed by atoms with Crippen molar-refractivity contribution in [3.8, 4) is 0 Å². The van der Waals surface area contributed by atoms with Crippen molar-refractivity contribution >= 4 is 38.4 Å². The van der Waals surface area contributed by atoms with Gasteiger partial charge in [0.1, 0.15) is 0 Å². The lowest BCUT2D eigenvalue weighted by atomic mass is 10.1. The molecule has 0 aliphatic carbocycles. The van der Waals surface area contributed by atoms with Gasteiger partial charge in [-0.15, -0.1) is 0 Å². The third-order valence-corrected chi connectivity index (χ3v) is 5.68. The number of nitrogens with zero attached hydrogens (tertiary/aromatic N) is 2. The average molecular weight is 347 g/mol. The predicted octanol–water partition coefficient (Wildman–Crippen LogP) is 1.47. The van der Waals surface area contributed by atoms with E-state index in [0.717, 1.165) is 15.7 Å². The van der Waals surface area contributed by atoms with Gasteiger partial charge in [-0.05, 0) is 11.5 Å². The monoisotopic (exact) mass is 347 g/mol. The number of carbonyl (C=O) groups excluding carboxylic acids is 2. The van der Waals surface area contributed by atoms with Gasteiger partial charge < -0.3 is 4.90 Å². The topological polar surface area (TPSA) is 86.8 Å². The molecule has 0 spiro atoms. The Labute approximate surface area is 139 Å². The van der Waals surface area contributed by atoms with Crippen LogP contribution < -0.4 is 4.72 Å². The van der Waals surface area contributed by atoms with Gasteiger partial charge in [0.05, 0.1) is 5.69 Å². The van der Waals surface area contributed by atoms with E-state index in [0.29, 0.717) is 5.69 Å². The molecule has 1 heterocycles. The van der Waals surface area contributed by atoms with Gasteiger partial charge in [0, 0.05) is 26.0 Å². The molecular formula is C16H17N3O4S. The largest absolute Gasteiger partial charge is 0.326 e. The maximum absolute atomic E-state index is 12.7. The summed E-state index contributed by atoms with van der Waals surface area (Å²) in [6.45, 7) is -0.178. The van der Waals surface area contributed by atoms with Crippen molar-refractivity contribution in [1.29, 1.82) is 0 Å². The summed E-state index contributed by atoms with van der Waals surface area (Å²) in [7, 11) is -1.26. The Bertz CT molecular complexity index is 921. The second kappa shape index (κ2) is 5.79. The smallest absolute Gasteiger partial charge is 0.325 e. The second-order valence-electron chi connectivity index (χ2n) is 5.72. The van der Waals surface area contributed by atoms with E-state index >= 15 is 0 Å². The number of benzene rings is 2. The Morgan fingerprint density at radius 1 is 1.04 bits per heavy atom. The van der Waals surface area contributed by atoms with E-state index in [9.17, 15) is 18.0 Å². The molecule has 1 fully saturated rings. The quantitative estimate of drug-likeness (QED) is 0.911. The number of amides is 3. The highest BCUT2D eigenvalue weighted by molar-refractivity contribution is 7.94. The van der Waals surface area contributed by atoms with Crippen LogP contribution >= 0.6 is 0 Å². The minimum Gasteiger partial charge on any atom is -0.325 e. The number of rotatable bonds is 3. The maximum Gasteiger partial charge on any atom is 0.326 e. The van der Waals surface area contributed by atoms with Crippen molar-refractivity contribution in [2.45, 2.75) is 5.25 Å². The Balaban J connectivity index is 1.96. The summed E-state index contributed by atoms with van der Waals surface area (Å²) in [5.74, 6) is -0.731. The van der Waals surface area contributed by atoms with Gasteiger partial charge in [0.2, 0.25) is 10.0 Å². The number of urea groups is 1. The molecule has 126 valence electrons. The van der Waals surface area contributed by atoms with Crippen molar-refractivity contribution in [2.24, 2.45) is 0 Å². The molecule has 7 nitrogen and oxygen atoms in total. The van der Waals surface area contributed by atoms with Crippen molar-refractivity contribution in [3.05, 3.63) is 42.5 Å². The van der Waals surface area contributed by atoms with Crippen LogP contribution in [0.4, 0.5) is 10.5 Å². The first-order valence-electron chi connectivity index (χ1n) is 7.33. The second-order valence-corrected chi connectivity index (χ2v) is 7.59. The van der Waals surface area contributed by atoms with Gasteiger partial charge in [-0.25, -0.2) is 13.2 Å². The minimum atomic E-state index is -4.00. The van der Waals surface area contributed by atoms with Gasteiger partial charge in [-0.1, -0.05) is 36.4 Å². The molecule has 0 aromatic heterocycles. The Kier molecular flexibility index (Phi) is 3.92. The third-order valence-electron chi connectivity index (χ3n) is 4.08. The molecule has 1 atom stereocenters. The number of hydrogen-bond acceptors (Lipinski definition) is 4. The Hall–Kier alpha value is -2.61. The number of anilines is 1. The zero-order valence-electron chi connectivity index (χ0n) is 13.3. The van der Waals surface area contributed by atoms with Gasteiger partial charge in [0.25, 0.3) is 5.91 Å². The number of sulfonamides is 1. The summed E-state index contributed by atoms with van der Waals surface area (Å²) in [6.07, 6.45) is 0. The highest BCUT2D eigenvalue weighted by atomic mass is 32.2. The number of hydrogen-bond donors (Lipinski definition) is 1. The average Bonchev–Trinajstić information content (AvgIpc) is 2.56. The molecule has 1 aliphatic rings. The van der Waals surface area contributed by atoms with Crippen LogP contribution in [0.3, 0.4) is 0 Å². The van der Waals surface area contributed by atoms with E-state index in [-0.39, 0.29) is 6.54 Å². The highest BCUT2D eigenvalue weighted by Gasteiger charge is 2.43. The summed E-state index contributed by atoms with van der Waals surface area (Å²) in [6, 6.07) is 12.1. The lowest BCUT2D eigenvalue weighted by Crippen LogP contribution is -2.59. The first-order valence-corrected chi connectivity index (χ1v) is 8.88. The molecule has 3 rings (SSSR count). The summed E-state index contributed by atoms with van der Waals surface area (Å²) in [4.78, 5) is 26.0. The standard InChI is InChI=1S/C16H17N3O4S/c1-18-10-14(15(20)19(2)16(18)21)24(22,23)17-13-9-5-7-11-6-3-4-8-12(11)13/h3-9,14,17H,10H2,1-2H3. The summed E-state index contributed by atoms with van der Waals surface area (Å²) in [5.41, 5.74) is 0.406. The summed E-state index contributed by atoms with van der Waals surface area (Å²) in [5, 5.41) is 0.283. The van der Waals surface area contributed by atoms with Crippen LogP contribution in [0.1, 0.15) is 0 Å². The molecule has 1 N–H and O–H groups in total. The van der Waals surface area contributed by atoms with Crippen LogP contribution in [-0.4, -0.2) is 56.0 Å². The van der Waals surface area contributed by atoms with Crippen molar-refractivity contribution in [1.82, 2.24) is 9.80 Å². The zero-order chi connectivity index (χ0) is 17.5. The molecule has 2 aromatic rings. The van der Waals surface area contributed by atoms with Crippen LogP contribution in [0, 0.1) is 0 Å². The normalized spacial score (nSPS) is 19.0. The van der Waals surface area contributed by atoms with E-state index in [1.54, 1.807) is 18.2 Å². The molecule has 3 amide bonds. The fraction of sp³-hybridized carbons (Fsp3) is 0.250. The SMILES string of the molecule is CN1CC(S(=O)(=O)Nc2cccc3ccccc23)C(=O)N(C)C1=O. The van der Waals surface area contributed by atoms with E-state index in [4.69, 9.17) is 0 Å². The van der Waals surface area contributed by atoms with Crippen molar-refractivity contribution < 1.29 is 18.0 Å². The van der Waals surface area contributed by atoms with Crippen LogP contribution in [0.5, 0.6) is 0 Å². The molecule has 1 saturated heterocycles. The summed E-state index contributed by atoms with van der Waals surface area (Å²) < 4.78 is 27.9.